The number of thiophene rings is 1. The van der Waals surface area contributed by atoms with Crippen LogP contribution < -0.4 is 5.32 Å². The number of ether oxygens (including phenoxy) is 1. The van der Waals surface area contributed by atoms with Gasteiger partial charge in [-0.2, -0.15) is 0 Å². The lowest BCUT2D eigenvalue weighted by Gasteiger charge is -2.19. The lowest BCUT2D eigenvalue weighted by Crippen LogP contribution is -2.41. The maximum atomic E-state index is 12.0. The monoisotopic (exact) mass is 335 g/mol. The number of carbonyl (C=O) groups excluding carboxylic acids is 1. The summed E-state index contributed by atoms with van der Waals surface area (Å²) in [7, 11) is 1.55. The molecule has 0 saturated carbocycles. The second-order valence-electron chi connectivity index (χ2n) is 5.12. The molecular formula is C12H14ClNO4S2. The van der Waals surface area contributed by atoms with Crippen LogP contribution in [0.15, 0.2) is 16.3 Å². The van der Waals surface area contributed by atoms with Crippen molar-refractivity contribution in [3.63, 3.8) is 0 Å². The average Bonchev–Trinajstić information content (AvgIpc) is 3.02. The van der Waals surface area contributed by atoms with E-state index in [-0.39, 0.29) is 28.7 Å². The minimum Gasteiger partial charge on any atom is -0.373 e. The van der Waals surface area contributed by atoms with Crippen LogP contribution in [0.4, 0.5) is 0 Å². The van der Waals surface area contributed by atoms with E-state index in [1.54, 1.807) is 6.07 Å². The summed E-state index contributed by atoms with van der Waals surface area (Å²) in [6.07, 6.45) is 3.57. The Morgan fingerprint density at radius 3 is 2.80 bits per heavy atom. The molecule has 110 valence electrons. The standard InChI is InChI=1S/C12H14ClNO4S2/c13-20(16,17)12-4-2-8(19-12)6-11(15)14-9-5-7-1-3-10(9)18-7/h2,4,7,9-10H,1,3,5-6H2,(H,14,15). The minimum absolute atomic E-state index is 0.0743. The van der Waals surface area contributed by atoms with Crippen molar-refractivity contribution in [1.29, 1.82) is 0 Å². The number of amides is 1. The molecule has 0 radical (unpaired) electrons. The highest BCUT2D eigenvalue weighted by Gasteiger charge is 2.41. The summed E-state index contributed by atoms with van der Waals surface area (Å²) < 4.78 is 28.1. The predicted octanol–water partition coefficient (Wildman–Crippen LogP) is 1.65. The van der Waals surface area contributed by atoms with E-state index in [4.69, 9.17) is 15.4 Å². The first-order valence-electron chi connectivity index (χ1n) is 6.40. The second kappa shape index (κ2) is 5.29. The number of halogens is 1. The summed E-state index contributed by atoms with van der Waals surface area (Å²) in [5, 5.41) is 2.97. The van der Waals surface area contributed by atoms with Gasteiger partial charge >= 0.3 is 0 Å². The highest BCUT2D eigenvalue weighted by atomic mass is 35.7. The Kier molecular flexibility index (Phi) is 3.79. The van der Waals surface area contributed by atoms with E-state index in [0.717, 1.165) is 30.6 Å². The Labute approximate surface area is 125 Å². The first-order chi connectivity index (χ1) is 9.41. The molecule has 8 heteroatoms. The maximum absolute atomic E-state index is 12.0. The molecule has 2 aliphatic rings. The number of hydrogen-bond donors (Lipinski definition) is 1. The summed E-state index contributed by atoms with van der Waals surface area (Å²) in [6.45, 7) is 0. The lowest BCUT2D eigenvalue weighted by atomic mass is 9.95. The zero-order valence-electron chi connectivity index (χ0n) is 10.5. The molecule has 20 heavy (non-hydrogen) atoms. The van der Waals surface area contributed by atoms with E-state index < -0.39 is 9.05 Å². The van der Waals surface area contributed by atoms with Gasteiger partial charge < -0.3 is 10.1 Å². The minimum atomic E-state index is -3.71. The third-order valence-corrected chi connectivity index (χ3v) is 6.84. The number of nitrogens with one attached hydrogen (secondary N) is 1. The molecule has 2 fully saturated rings. The van der Waals surface area contributed by atoms with Crippen LogP contribution in [-0.4, -0.2) is 32.6 Å². The highest BCUT2D eigenvalue weighted by molar-refractivity contribution is 8.15. The Hall–Kier alpha value is -0.630. The fourth-order valence-electron chi connectivity index (χ4n) is 2.79. The molecule has 0 spiro atoms. The number of fused-ring (bicyclic) bond motifs is 2. The number of rotatable bonds is 4. The molecule has 3 unspecified atom stereocenters. The fourth-order valence-corrected chi connectivity index (χ4v) is 4.91. The Bertz CT molecular complexity index is 627. The van der Waals surface area contributed by atoms with Gasteiger partial charge in [0, 0.05) is 15.6 Å². The van der Waals surface area contributed by atoms with Crippen LogP contribution in [0.2, 0.25) is 0 Å². The third-order valence-electron chi connectivity index (χ3n) is 3.66. The molecule has 2 bridgehead atoms. The van der Waals surface area contributed by atoms with Gasteiger partial charge in [0.25, 0.3) is 9.05 Å². The summed E-state index contributed by atoms with van der Waals surface area (Å²) in [5.41, 5.74) is 0. The zero-order valence-corrected chi connectivity index (χ0v) is 12.9. The smallest absolute Gasteiger partial charge is 0.270 e. The molecule has 1 N–H and O–H groups in total. The maximum Gasteiger partial charge on any atom is 0.270 e. The third kappa shape index (κ3) is 3.00. The van der Waals surface area contributed by atoms with Crippen molar-refractivity contribution >= 4 is 37.0 Å². The first kappa shape index (κ1) is 14.3. The van der Waals surface area contributed by atoms with Gasteiger partial charge in [-0.3, -0.25) is 4.79 Å². The second-order valence-corrected chi connectivity index (χ2v) is 9.08. The molecule has 3 heterocycles. The molecule has 1 aromatic rings. The van der Waals surface area contributed by atoms with Crippen LogP contribution in [0.1, 0.15) is 24.1 Å². The van der Waals surface area contributed by atoms with Crippen LogP contribution in [0.3, 0.4) is 0 Å². The molecule has 2 aliphatic heterocycles. The molecule has 3 rings (SSSR count). The van der Waals surface area contributed by atoms with Crippen LogP contribution in [0.25, 0.3) is 0 Å². The molecule has 3 atom stereocenters. The summed E-state index contributed by atoms with van der Waals surface area (Å²) in [5.74, 6) is -0.105. The van der Waals surface area contributed by atoms with Gasteiger partial charge in [0.05, 0.1) is 24.7 Å². The largest absolute Gasteiger partial charge is 0.373 e. The van der Waals surface area contributed by atoms with Gasteiger partial charge in [-0.05, 0) is 31.4 Å². The first-order valence-corrected chi connectivity index (χ1v) is 9.52. The Balaban J connectivity index is 1.58. The average molecular weight is 336 g/mol. The molecule has 1 amide bonds. The van der Waals surface area contributed by atoms with E-state index in [2.05, 4.69) is 5.32 Å². The van der Waals surface area contributed by atoms with E-state index in [1.807, 2.05) is 0 Å². The van der Waals surface area contributed by atoms with Crippen molar-refractivity contribution < 1.29 is 17.9 Å². The predicted molar refractivity (Wildman–Crippen MR) is 75.5 cm³/mol. The topological polar surface area (TPSA) is 72.5 Å². The van der Waals surface area contributed by atoms with Gasteiger partial charge in [-0.1, -0.05) is 0 Å². The van der Waals surface area contributed by atoms with Gasteiger partial charge in [0.1, 0.15) is 4.21 Å². The van der Waals surface area contributed by atoms with E-state index in [1.165, 1.54) is 6.07 Å². The molecule has 1 aromatic heterocycles. The summed E-state index contributed by atoms with van der Waals surface area (Å²) in [6, 6.07) is 3.14. The van der Waals surface area contributed by atoms with Gasteiger partial charge in [0.15, 0.2) is 0 Å². The quantitative estimate of drug-likeness (QED) is 0.849. The van der Waals surface area contributed by atoms with Gasteiger partial charge in [-0.25, -0.2) is 8.42 Å². The van der Waals surface area contributed by atoms with Crippen LogP contribution in [0, 0.1) is 0 Å². The highest BCUT2D eigenvalue weighted by Crippen LogP contribution is 2.34. The normalized spacial score (nSPS) is 28.8. The van der Waals surface area contributed by atoms with Gasteiger partial charge in [0.2, 0.25) is 5.91 Å². The fraction of sp³-hybridized carbons (Fsp3) is 0.583. The van der Waals surface area contributed by atoms with Crippen molar-refractivity contribution in [2.75, 3.05) is 0 Å². The molecular weight excluding hydrogens is 322 g/mol. The SMILES string of the molecule is O=C(Cc1ccc(S(=O)(=O)Cl)s1)NC1CC2CCC1O2. The summed E-state index contributed by atoms with van der Waals surface area (Å²) >= 11 is 1.03. The molecule has 5 nitrogen and oxygen atoms in total. The number of hydrogen-bond acceptors (Lipinski definition) is 5. The van der Waals surface area contributed by atoms with Gasteiger partial charge in [-0.15, -0.1) is 11.3 Å². The van der Waals surface area contributed by atoms with Crippen molar-refractivity contribution in [1.82, 2.24) is 5.32 Å². The van der Waals surface area contributed by atoms with Crippen molar-refractivity contribution in [2.45, 2.75) is 48.1 Å². The Morgan fingerprint density at radius 2 is 2.25 bits per heavy atom. The van der Waals surface area contributed by atoms with E-state index in [9.17, 15) is 13.2 Å². The zero-order chi connectivity index (χ0) is 14.3. The molecule has 0 aliphatic carbocycles. The Morgan fingerprint density at radius 1 is 1.45 bits per heavy atom. The van der Waals surface area contributed by atoms with Crippen LogP contribution in [-0.2, 0) is 25.0 Å². The van der Waals surface area contributed by atoms with Crippen LogP contribution in [0.5, 0.6) is 0 Å². The molecule has 2 saturated heterocycles. The van der Waals surface area contributed by atoms with Crippen molar-refractivity contribution in [3.8, 4) is 0 Å². The van der Waals surface area contributed by atoms with Crippen molar-refractivity contribution in [3.05, 3.63) is 17.0 Å². The van der Waals surface area contributed by atoms with Crippen molar-refractivity contribution in [2.24, 2.45) is 0 Å². The van der Waals surface area contributed by atoms with E-state index in [0.29, 0.717) is 11.0 Å². The lowest BCUT2D eigenvalue weighted by molar-refractivity contribution is -0.121. The summed E-state index contributed by atoms with van der Waals surface area (Å²) in [4.78, 5) is 12.6. The number of carbonyl (C=O) groups is 1. The van der Waals surface area contributed by atoms with E-state index >= 15 is 0 Å². The van der Waals surface area contributed by atoms with Crippen LogP contribution >= 0.6 is 22.0 Å². The molecule has 0 aromatic carbocycles.